The van der Waals surface area contributed by atoms with Gasteiger partial charge in [0.2, 0.25) is 0 Å². The van der Waals surface area contributed by atoms with Crippen molar-refractivity contribution < 1.29 is 9.63 Å². The smallest absolute Gasteiger partial charge is 0.147 e. The van der Waals surface area contributed by atoms with E-state index < -0.39 is 0 Å². The molecule has 13 heavy (non-hydrogen) atoms. The minimum Gasteiger partial charge on any atom is -0.366 e. The van der Waals surface area contributed by atoms with Gasteiger partial charge in [-0.2, -0.15) is 5.06 Å². The lowest BCUT2D eigenvalue weighted by atomic mass is 10.3. The zero-order valence-electron chi connectivity index (χ0n) is 8.41. The number of nitrogens with zero attached hydrogens (tertiary/aromatic N) is 2. The van der Waals surface area contributed by atoms with Crippen LogP contribution >= 0.6 is 0 Å². The van der Waals surface area contributed by atoms with Crippen LogP contribution in [-0.4, -0.2) is 48.7 Å². The predicted octanol–water partition coefficient (Wildman–Crippen LogP) is 0.289. The molecule has 1 saturated heterocycles. The molecule has 0 aromatic carbocycles. The van der Waals surface area contributed by atoms with Gasteiger partial charge >= 0.3 is 0 Å². The number of hydroxylamine groups is 2. The van der Waals surface area contributed by atoms with Crippen molar-refractivity contribution in [1.82, 2.24) is 9.96 Å². The second kappa shape index (κ2) is 4.42. The number of hydrogen-bond donors (Lipinski definition) is 0. The monoisotopic (exact) mass is 184 g/mol. The Labute approximate surface area is 78.7 Å². The van der Waals surface area contributed by atoms with Crippen LogP contribution in [0.4, 0.5) is 0 Å². The molecular weight excluding hydrogens is 168 g/mol. The standard InChI is InChI=1S/C9H16N2O2/c1-8(2)13-11-5-4-10(3)9(6-11)7-12/h8H,4-6H2,1-3H3. The molecule has 0 spiro atoms. The molecule has 1 rings (SSSR count). The minimum absolute atomic E-state index is 0.163. The van der Waals surface area contributed by atoms with Crippen LogP contribution in [0.25, 0.3) is 0 Å². The van der Waals surface area contributed by atoms with Crippen LogP contribution in [0.15, 0.2) is 5.70 Å². The van der Waals surface area contributed by atoms with Crippen LogP contribution in [0.5, 0.6) is 0 Å². The second-order valence-corrected chi connectivity index (χ2v) is 3.49. The van der Waals surface area contributed by atoms with Gasteiger partial charge in [0.25, 0.3) is 0 Å². The van der Waals surface area contributed by atoms with Crippen LogP contribution in [0.3, 0.4) is 0 Å². The highest BCUT2D eigenvalue weighted by molar-refractivity contribution is 5.52. The summed E-state index contributed by atoms with van der Waals surface area (Å²) in [5, 5.41) is 1.81. The maximum absolute atomic E-state index is 10.5. The topological polar surface area (TPSA) is 32.8 Å². The Balaban J connectivity index is 2.50. The summed E-state index contributed by atoms with van der Waals surface area (Å²) in [7, 11) is 1.90. The van der Waals surface area contributed by atoms with Crippen LogP contribution in [0.2, 0.25) is 0 Å². The van der Waals surface area contributed by atoms with Gasteiger partial charge in [0.1, 0.15) is 11.6 Å². The maximum atomic E-state index is 10.5. The van der Waals surface area contributed by atoms with Gasteiger partial charge in [-0.15, -0.1) is 0 Å². The molecular formula is C9H16N2O2. The molecule has 4 heteroatoms. The fourth-order valence-electron chi connectivity index (χ4n) is 1.26. The van der Waals surface area contributed by atoms with E-state index in [1.807, 2.05) is 36.8 Å². The van der Waals surface area contributed by atoms with Crippen molar-refractivity contribution in [2.75, 3.05) is 26.7 Å². The van der Waals surface area contributed by atoms with E-state index in [-0.39, 0.29) is 6.10 Å². The average molecular weight is 184 g/mol. The molecule has 0 saturated carbocycles. The summed E-state index contributed by atoms with van der Waals surface area (Å²) in [4.78, 5) is 17.9. The quantitative estimate of drug-likeness (QED) is 0.577. The van der Waals surface area contributed by atoms with Crippen LogP contribution in [0, 0.1) is 0 Å². The summed E-state index contributed by atoms with van der Waals surface area (Å²) in [5.74, 6) is 1.93. The van der Waals surface area contributed by atoms with E-state index in [0.29, 0.717) is 12.2 Å². The van der Waals surface area contributed by atoms with Crippen molar-refractivity contribution >= 4 is 5.94 Å². The first-order chi connectivity index (χ1) is 6.13. The van der Waals surface area contributed by atoms with Crippen molar-refractivity contribution in [2.24, 2.45) is 0 Å². The molecule has 1 fully saturated rings. The Morgan fingerprint density at radius 3 is 2.69 bits per heavy atom. The van der Waals surface area contributed by atoms with Gasteiger partial charge in [-0.05, 0) is 13.8 Å². The van der Waals surface area contributed by atoms with Gasteiger partial charge < -0.3 is 4.90 Å². The molecule has 0 aromatic heterocycles. The van der Waals surface area contributed by atoms with E-state index in [1.54, 1.807) is 0 Å². The van der Waals surface area contributed by atoms with Crippen molar-refractivity contribution in [3.63, 3.8) is 0 Å². The molecule has 0 unspecified atom stereocenters. The minimum atomic E-state index is 0.163. The van der Waals surface area contributed by atoms with Crippen molar-refractivity contribution in [1.29, 1.82) is 0 Å². The van der Waals surface area contributed by atoms with Gasteiger partial charge in [0.15, 0.2) is 0 Å². The number of carbonyl (C=O) groups excluding carboxylic acids is 1. The molecule has 0 bridgehead atoms. The van der Waals surface area contributed by atoms with Gasteiger partial charge in [0.05, 0.1) is 12.6 Å². The highest BCUT2D eigenvalue weighted by Crippen LogP contribution is 2.09. The van der Waals surface area contributed by atoms with Crippen molar-refractivity contribution in [3.8, 4) is 0 Å². The Kier molecular flexibility index (Phi) is 3.48. The lowest BCUT2D eigenvalue weighted by Gasteiger charge is -2.33. The van der Waals surface area contributed by atoms with Crippen molar-refractivity contribution in [3.05, 3.63) is 5.70 Å². The summed E-state index contributed by atoms with van der Waals surface area (Å²) in [6, 6.07) is 0. The third-order valence-corrected chi connectivity index (χ3v) is 1.95. The van der Waals surface area contributed by atoms with E-state index in [2.05, 4.69) is 0 Å². The molecule has 0 atom stereocenters. The zero-order chi connectivity index (χ0) is 9.84. The maximum Gasteiger partial charge on any atom is 0.147 e. The van der Waals surface area contributed by atoms with E-state index in [4.69, 9.17) is 4.84 Å². The average Bonchev–Trinajstić information content (AvgIpc) is 2.07. The van der Waals surface area contributed by atoms with Gasteiger partial charge in [-0.25, -0.2) is 4.79 Å². The third-order valence-electron chi connectivity index (χ3n) is 1.95. The molecule has 0 N–H and O–H groups in total. The number of rotatable bonds is 2. The predicted molar refractivity (Wildman–Crippen MR) is 49.6 cm³/mol. The van der Waals surface area contributed by atoms with E-state index in [0.717, 1.165) is 13.1 Å². The van der Waals surface area contributed by atoms with E-state index >= 15 is 0 Å². The highest BCUT2D eigenvalue weighted by atomic mass is 16.7. The fourth-order valence-corrected chi connectivity index (χ4v) is 1.26. The first-order valence-electron chi connectivity index (χ1n) is 4.50. The third kappa shape index (κ3) is 2.84. The van der Waals surface area contributed by atoms with Crippen LogP contribution in [-0.2, 0) is 9.63 Å². The van der Waals surface area contributed by atoms with Gasteiger partial charge in [0, 0.05) is 20.1 Å². The SMILES string of the molecule is CC(C)ON1CCN(C)C(=C=O)C1. The Morgan fingerprint density at radius 2 is 2.15 bits per heavy atom. The summed E-state index contributed by atoms with van der Waals surface area (Å²) in [6.45, 7) is 6.14. The molecule has 1 heterocycles. The summed E-state index contributed by atoms with van der Waals surface area (Å²) in [5.41, 5.74) is 0.659. The van der Waals surface area contributed by atoms with Crippen LogP contribution < -0.4 is 0 Å². The first-order valence-corrected chi connectivity index (χ1v) is 4.50. The molecule has 0 aliphatic carbocycles. The Morgan fingerprint density at radius 1 is 1.46 bits per heavy atom. The summed E-state index contributed by atoms with van der Waals surface area (Å²) >= 11 is 0. The van der Waals surface area contributed by atoms with Crippen LogP contribution in [0.1, 0.15) is 13.8 Å². The van der Waals surface area contributed by atoms with Gasteiger partial charge in [-0.3, -0.25) is 4.84 Å². The molecule has 74 valence electrons. The lowest BCUT2D eigenvalue weighted by molar-refractivity contribution is -0.192. The van der Waals surface area contributed by atoms with E-state index in [1.165, 1.54) is 0 Å². The fraction of sp³-hybridized carbons (Fsp3) is 0.778. The highest BCUT2D eigenvalue weighted by Gasteiger charge is 2.20. The molecule has 4 nitrogen and oxygen atoms in total. The summed E-state index contributed by atoms with van der Waals surface area (Å²) < 4.78 is 0. The van der Waals surface area contributed by atoms with E-state index in [9.17, 15) is 4.79 Å². The second-order valence-electron chi connectivity index (χ2n) is 3.49. The molecule has 0 amide bonds. The first kappa shape index (κ1) is 10.3. The largest absolute Gasteiger partial charge is 0.366 e. The number of piperazine rings is 1. The normalized spacial score (nSPS) is 19.4. The lowest BCUT2D eigenvalue weighted by Crippen LogP contribution is -2.44. The molecule has 1 aliphatic rings. The Bertz CT molecular complexity index is 222. The number of likely N-dealkylation sites (N-methyl/N-ethyl adjacent to an activating group) is 1. The number of hydrogen-bond acceptors (Lipinski definition) is 4. The molecule has 0 radical (unpaired) electrons. The zero-order valence-corrected chi connectivity index (χ0v) is 8.41. The molecule has 1 aliphatic heterocycles. The Hall–Kier alpha value is -0.830. The summed E-state index contributed by atoms with van der Waals surface area (Å²) in [6.07, 6.45) is 0.163. The molecule has 0 aromatic rings. The van der Waals surface area contributed by atoms with Gasteiger partial charge in [-0.1, -0.05) is 0 Å². The van der Waals surface area contributed by atoms with Crippen molar-refractivity contribution in [2.45, 2.75) is 20.0 Å².